The molecule has 1 atom stereocenters. The molecule has 1 aromatic carbocycles. The van der Waals surface area contributed by atoms with Crippen LogP contribution in [0.1, 0.15) is 55.2 Å². The Bertz CT molecular complexity index is 987. The van der Waals surface area contributed by atoms with Crippen molar-refractivity contribution in [2.75, 3.05) is 39.9 Å². The van der Waals surface area contributed by atoms with Crippen molar-refractivity contribution in [2.45, 2.75) is 58.0 Å². The van der Waals surface area contributed by atoms with Crippen molar-refractivity contribution in [1.29, 1.82) is 0 Å². The van der Waals surface area contributed by atoms with E-state index in [2.05, 4.69) is 11.8 Å². The Morgan fingerprint density at radius 1 is 1.16 bits per heavy atom. The van der Waals surface area contributed by atoms with Gasteiger partial charge in [0, 0.05) is 57.9 Å². The van der Waals surface area contributed by atoms with E-state index in [1.165, 1.54) is 6.42 Å². The number of carbonyl (C=O) groups excluding carboxylic acids is 1. The molecular weight excluding hydrogens is 392 g/mol. The molecule has 2 aliphatic heterocycles. The first-order valence-corrected chi connectivity index (χ1v) is 11.7. The van der Waals surface area contributed by atoms with Crippen LogP contribution >= 0.6 is 0 Å². The number of fused-ring (bicyclic) bond motifs is 2. The SMILES string of the molecule is CCC1CN(C(=O)c2ccc3c(=O)n4c(nc3c2)CCCCCC4)CCN1CCOC. The summed E-state index contributed by atoms with van der Waals surface area (Å²) in [5.41, 5.74) is 1.29. The average Bonchev–Trinajstić information content (AvgIpc) is 2.78. The molecule has 0 spiro atoms. The number of amides is 1. The first kappa shape index (κ1) is 22.0. The fourth-order valence-electron chi connectivity index (χ4n) is 4.88. The average molecular weight is 427 g/mol. The predicted octanol–water partition coefficient (Wildman–Crippen LogP) is 2.70. The highest BCUT2D eigenvalue weighted by Crippen LogP contribution is 2.19. The Morgan fingerprint density at radius 3 is 2.81 bits per heavy atom. The molecule has 1 amide bonds. The molecule has 31 heavy (non-hydrogen) atoms. The third-order valence-corrected chi connectivity index (χ3v) is 6.76. The normalized spacial score (nSPS) is 20.3. The van der Waals surface area contributed by atoms with E-state index in [0.29, 0.717) is 35.7 Å². The van der Waals surface area contributed by atoms with Gasteiger partial charge in [0.05, 0.1) is 17.5 Å². The highest BCUT2D eigenvalue weighted by Gasteiger charge is 2.29. The quantitative estimate of drug-likeness (QED) is 0.735. The Kier molecular flexibility index (Phi) is 7.02. The standard InChI is InChI=1S/C24H34N4O3/c1-3-19-17-27(13-12-26(19)14-15-31-2)23(29)18-9-10-20-21(16-18)25-22-8-6-4-5-7-11-28(22)24(20)30/h9-10,16,19H,3-8,11-15,17H2,1-2H3. The summed E-state index contributed by atoms with van der Waals surface area (Å²) in [5.74, 6) is 0.889. The predicted molar refractivity (Wildman–Crippen MR) is 122 cm³/mol. The number of nitrogens with zero attached hydrogens (tertiary/aromatic N) is 4. The van der Waals surface area contributed by atoms with Crippen LogP contribution in [0.15, 0.2) is 23.0 Å². The first-order chi connectivity index (χ1) is 15.1. The van der Waals surface area contributed by atoms with Crippen molar-refractivity contribution in [2.24, 2.45) is 0 Å². The summed E-state index contributed by atoms with van der Waals surface area (Å²) < 4.78 is 7.07. The number of ether oxygens (including phenoxy) is 1. The van der Waals surface area contributed by atoms with E-state index in [9.17, 15) is 9.59 Å². The van der Waals surface area contributed by atoms with Gasteiger partial charge in [-0.2, -0.15) is 0 Å². The number of piperazine rings is 1. The molecule has 168 valence electrons. The topological polar surface area (TPSA) is 67.7 Å². The molecule has 2 aromatic rings. The second-order valence-corrected chi connectivity index (χ2v) is 8.72. The van der Waals surface area contributed by atoms with Crippen LogP contribution in [0, 0.1) is 0 Å². The van der Waals surface area contributed by atoms with E-state index in [1.54, 1.807) is 19.2 Å². The van der Waals surface area contributed by atoms with Crippen LogP contribution in [0.5, 0.6) is 0 Å². The minimum atomic E-state index is 0.0266. The van der Waals surface area contributed by atoms with Gasteiger partial charge < -0.3 is 9.64 Å². The summed E-state index contributed by atoms with van der Waals surface area (Å²) in [7, 11) is 1.72. The zero-order valence-electron chi connectivity index (χ0n) is 18.8. The molecular formula is C24H34N4O3. The van der Waals surface area contributed by atoms with Crippen LogP contribution in [0.2, 0.25) is 0 Å². The van der Waals surface area contributed by atoms with Crippen LogP contribution in [-0.4, -0.2) is 71.2 Å². The third-order valence-electron chi connectivity index (χ3n) is 6.76. The van der Waals surface area contributed by atoms with Crippen LogP contribution in [0.4, 0.5) is 0 Å². The second kappa shape index (κ2) is 9.92. The van der Waals surface area contributed by atoms with E-state index in [1.807, 2.05) is 15.5 Å². The Balaban J connectivity index is 1.57. The highest BCUT2D eigenvalue weighted by molar-refractivity contribution is 5.97. The van der Waals surface area contributed by atoms with Gasteiger partial charge in [-0.15, -0.1) is 0 Å². The summed E-state index contributed by atoms with van der Waals surface area (Å²) in [5, 5.41) is 0.608. The number of hydrogen-bond donors (Lipinski definition) is 0. The number of methoxy groups -OCH3 is 1. The molecule has 7 heteroatoms. The van der Waals surface area contributed by atoms with Gasteiger partial charge in [-0.1, -0.05) is 19.8 Å². The molecule has 4 rings (SSSR count). The van der Waals surface area contributed by atoms with Crippen molar-refractivity contribution in [1.82, 2.24) is 19.4 Å². The van der Waals surface area contributed by atoms with Crippen LogP contribution < -0.4 is 5.56 Å². The lowest BCUT2D eigenvalue weighted by molar-refractivity contribution is 0.0385. The summed E-state index contributed by atoms with van der Waals surface area (Å²) >= 11 is 0. The third kappa shape index (κ3) is 4.67. The smallest absolute Gasteiger partial charge is 0.261 e. The Labute approximate surface area is 184 Å². The molecule has 7 nitrogen and oxygen atoms in total. The molecule has 0 bridgehead atoms. The van der Waals surface area contributed by atoms with Crippen LogP contribution in [-0.2, 0) is 17.7 Å². The summed E-state index contributed by atoms with van der Waals surface area (Å²) in [6.07, 6.45) is 6.24. The van der Waals surface area contributed by atoms with Crippen molar-refractivity contribution in [3.8, 4) is 0 Å². The number of aryl methyl sites for hydroxylation is 1. The molecule has 2 aliphatic rings. The van der Waals surface area contributed by atoms with E-state index < -0.39 is 0 Å². The number of aromatic nitrogens is 2. The molecule has 1 saturated heterocycles. The minimum Gasteiger partial charge on any atom is -0.383 e. The van der Waals surface area contributed by atoms with Crippen molar-refractivity contribution in [3.63, 3.8) is 0 Å². The number of hydrogen-bond acceptors (Lipinski definition) is 5. The minimum absolute atomic E-state index is 0.0266. The molecule has 1 fully saturated rings. The van der Waals surface area contributed by atoms with Crippen LogP contribution in [0.3, 0.4) is 0 Å². The van der Waals surface area contributed by atoms with Gasteiger partial charge in [0.25, 0.3) is 11.5 Å². The number of carbonyl (C=O) groups is 1. The molecule has 0 radical (unpaired) electrons. The lowest BCUT2D eigenvalue weighted by Crippen LogP contribution is -2.55. The van der Waals surface area contributed by atoms with Gasteiger partial charge in [0.2, 0.25) is 0 Å². The summed E-state index contributed by atoms with van der Waals surface area (Å²) in [6, 6.07) is 5.74. The van der Waals surface area contributed by atoms with Gasteiger partial charge in [-0.3, -0.25) is 19.1 Å². The maximum absolute atomic E-state index is 13.3. The lowest BCUT2D eigenvalue weighted by Gasteiger charge is -2.41. The maximum atomic E-state index is 13.3. The van der Waals surface area contributed by atoms with E-state index in [4.69, 9.17) is 9.72 Å². The number of benzene rings is 1. The first-order valence-electron chi connectivity index (χ1n) is 11.7. The van der Waals surface area contributed by atoms with E-state index in [0.717, 1.165) is 64.1 Å². The van der Waals surface area contributed by atoms with Crippen molar-refractivity contribution < 1.29 is 9.53 Å². The van der Waals surface area contributed by atoms with Gasteiger partial charge >= 0.3 is 0 Å². The molecule has 1 unspecified atom stereocenters. The van der Waals surface area contributed by atoms with Gasteiger partial charge in [0.15, 0.2) is 0 Å². The Hall–Kier alpha value is -2.25. The highest BCUT2D eigenvalue weighted by atomic mass is 16.5. The van der Waals surface area contributed by atoms with Crippen LogP contribution in [0.25, 0.3) is 10.9 Å². The second-order valence-electron chi connectivity index (χ2n) is 8.72. The largest absolute Gasteiger partial charge is 0.383 e. The van der Waals surface area contributed by atoms with Gasteiger partial charge in [-0.25, -0.2) is 4.98 Å². The fraction of sp³-hybridized carbons (Fsp3) is 0.625. The number of rotatable bonds is 5. The lowest BCUT2D eigenvalue weighted by atomic mass is 10.1. The zero-order valence-corrected chi connectivity index (χ0v) is 18.8. The zero-order chi connectivity index (χ0) is 21.8. The van der Waals surface area contributed by atoms with Crippen molar-refractivity contribution in [3.05, 3.63) is 39.9 Å². The molecule has 1 aromatic heterocycles. The Morgan fingerprint density at radius 2 is 2.00 bits per heavy atom. The molecule has 0 saturated carbocycles. The van der Waals surface area contributed by atoms with Crippen molar-refractivity contribution >= 4 is 16.8 Å². The van der Waals surface area contributed by atoms with E-state index >= 15 is 0 Å². The molecule has 3 heterocycles. The fourth-order valence-corrected chi connectivity index (χ4v) is 4.88. The van der Waals surface area contributed by atoms with E-state index in [-0.39, 0.29) is 11.5 Å². The molecule has 0 N–H and O–H groups in total. The summed E-state index contributed by atoms with van der Waals surface area (Å²) in [4.78, 5) is 35.5. The summed E-state index contributed by atoms with van der Waals surface area (Å²) in [6.45, 7) is 6.79. The van der Waals surface area contributed by atoms with Gasteiger partial charge in [-0.05, 0) is 37.5 Å². The molecule has 0 aliphatic carbocycles. The monoisotopic (exact) mass is 426 g/mol. The maximum Gasteiger partial charge on any atom is 0.261 e. The van der Waals surface area contributed by atoms with Gasteiger partial charge in [0.1, 0.15) is 5.82 Å².